The smallest absolute Gasteiger partial charge is 0.133 e. The number of benzene rings is 1. The van der Waals surface area contributed by atoms with E-state index in [2.05, 4.69) is 5.32 Å². The van der Waals surface area contributed by atoms with E-state index < -0.39 is 0 Å². The van der Waals surface area contributed by atoms with Crippen LogP contribution in [0, 0.1) is 11.7 Å². The molecule has 0 aliphatic carbocycles. The van der Waals surface area contributed by atoms with E-state index in [4.69, 9.17) is 4.74 Å². The SMILES string of the molecule is COc1cc(O)c(CC2CCCNC2)c(F)c1. The molecule has 1 aliphatic rings. The quantitative estimate of drug-likeness (QED) is 0.848. The molecule has 1 saturated heterocycles. The van der Waals surface area contributed by atoms with Crippen molar-refractivity contribution < 1.29 is 14.2 Å². The summed E-state index contributed by atoms with van der Waals surface area (Å²) in [4.78, 5) is 0. The summed E-state index contributed by atoms with van der Waals surface area (Å²) >= 11 is 0. The summed E-state index contributed by atoms with van der Waals surface area (Å²) in [6, 6.07) is 2.79. The Balaban J connectivity index is 2.14. The van der Waals surface area contributed by atoms with Crippen molar-refractivity contribution in [2.75, 3.05) is 20.2 Å². The molecule has 1 fully saturated rings. The zero-order chi connectivity index (χ0) is 12.3. The first-order valence-electron chi connectivity index (χ1n) is 5.97. The topological polar surface area (TPSA) is 41.5 Å². The van der Waals surface area contributed by atoms with Gasteiger partial charge in [0, 0.05) is 17.7 Å². The highest BCUT2D eigenvalue weighted by Crippen LogP contribution is 2.30. The summed E-state index contributed by atoms with van der Waals surface area (Å²) in [5.74, 6) is 0.364. The maximum Gasteiger partial charge on any atom is 0.133 e. The van der Waals surface area contributed by atoms with Crippen LogP contribution in [0.1, 0.15) is 18.4 Å². The van der Waals surface area contributed by atoms with E-state index >= 15 is 0 Å². The minimum absolute atomic E-state index is 0.00702. The number of hydrogen-bond acceptors (Lipinski definition) is 3. The monoisotopic (exact) mass is 239 g/mol. The van der Waals surface area contributed by atoms with Gasteiger partial charge < -0.3 is 15.2 Å². The molecule has 94 valence electrons. The number of rotatable bonds is 3. The third-order valence-corrected chi connectivity index (χ3v) is 3.27. The molecule has 1 unspecified atom stereocenters. The Morgan fingerprint density at radius 2 is 2.35 bits per heavy atom. The van der Waals surface area contributed by atoms with Crippen LogP contribution >= 0.6 is 0 Å². The standard InChI is InChI=1S/C13H18FNO2/c1-17-10-6-12(14)11(13(16)7-10)5-9-3-2-4-15-8-9/h6-7,9,15-16H,2-5,8H2,1H3. The molecule has 2 N–H and O–H groups in total. The number of aromatic hydroxyl groups is 1. The van der Waals surface area contributed by atoms with Crippen molar-refractivity contribution in [3.05, 3.63) is 23.5 Å². The number of phenolic OH excluding ortho intramolecular Hbond substituents is 1. The van der Waals surface area contributed by atoms with Crippen molar-refractivity contribution in [3.8, 4) is 11.5 Å². The minimum atomic E-state index is -0.382. The molecule has 0 spiro atoms. The number of piperidine rings is 1. The molecule has 17 heavy (non-hydrogen) atoms. The fraction of sp³-hybridized carbons (Fsp3) is 0.538. The molecule has 2 rings (SSSR count). The fourth-order valence-electron chi connectivity index (χ4n) is 2.30. The lowest BCUT2D eigenvalue weighted by molar-refractivity contribution is 0.360. The predicted octanol–water partition coefficient (Wildman–Crippen LogP) is 2.08. The second-order valence-electron chi connectivity index (χ2n) is 4.52. The van der Waals surface area contributed by atoms with E-state index in [1.165, 1.54) is 19.2 Å². The van der Waals surface area contributed by atoms with E-state index in [-0.39, 0.29) is 11.6 Å². The number of ether oxygens (including phenoxy) is 1. The normalized spacial score (nSPS) is 20.2. The van der Waals surface area contributed by atoms with E-state index in [1.54, 1.807) is 0 Å². The Hall–Kier alpha value is -1.29. The highest BCUT2D eigenvalue weighted by molar-refractivity contribution is 5.41. The van der Waals surface area contributed by atoms with Gasteiger partial charge in [0.25, 0.3) is 0 Å². The van der Waals surface area contributed by atoms with Gasteiger partial charge in [-0.05, 0) is 38.3 Å². The van der Waals surface area contributed by atoms with Crippen molar-refractivity contribution in [3.63, 3.8) is 0 Å². The molecule has 0 saturated carbocycles. The summed E-state index contributed by atoms with van der Waals surface area (Å²) in [6.45, 7) is 1.93. The molecule has 1 atom stereocenters. The van der Waals surface area contributed by atoms with E-state index in [0.29, 0.717) is 23.7 Å². The summed E-state index contributed by atoms with van der Waals surface area (Å²) in [5, 5.41) is 13.1. The zero-order valence-electron chi connectivity index (χ0n) is 10.0. The van der Waals surface area contributed by atoms with Crippen LogP contribution in [0.3, 0.4) is 0 Å². The third-order valence-electron chi connectivity index (χ3n) is 3.27. The molecular weight excluding hydrogens is 221 g/mol. The Kier molecular flexibility index (Phi) is 3.84. The number of nitrogens with one attached hydrogen (secondary N) is 1. The van der Waals surface area contributed by atoms with Crippen molar-refractivity contribution in [2.45, 2.75) is 19.3 Å². The maximum absolute atomic E-state index is 13.8. The predicted molar refractivity (Wildman–Crippen MR) is 63.9 cm³/mol. The lowest BCUT2D eigenvalue weighted by Gasteiger charge is -2.23. The van der Waals surface area contributed by atoms with Gasteiger partial charge in [-0.2, -0.15) is 0 Å². The Bertz CT molecular complexity index is 366. The van der Waals surface area contributed by atoms with Crippen LogP contribution in [0.2, 0.25) is 0 Å². The Morgan fingerprint density at radius 3 is 2.94 bits per heavy atom. The zero-order valence-corrected chi connectivity index (χ0v) is 10.0. The first kappa shape index (κ1) is 12.2. The average Bonchev–Trinajstić information content (AvgIpc) is 2.35. The number of methoxy groups -OCH3 is 1. The highest BCUT2D eigenvalue weighted by Gasteiger charge is 2.18. The molecule has 0 radical (unpaired) electrons. The summed E-state index contributed by atoms with van der Waals surface area (Å²) in [7, 11) is 1.46. The molecule has 1 aliphatic heterocycles. The Labute approximate surface area is 101 Å². The molecule has 0 amide bonds. The van der Waals surface area contributed by atoms with Crippen LogP contribution in [-0.2, 0) is 6.42 Å². The minimum Gasteiger partial charge on any atom is -0.507 e. The van der Waals surface area contributed by atoms with Gasteiger partial charge in [0.1, 0.15) is 17.3 Å². The summed E-state index contributed by atoms with van der Waals surface area (Å²) in [5.41, 5.74) is 0.402. The summed E-state index contributed by atoms with van der Waals surface area (Å²) < 4.78 is 18.7. The van der Waals surface area contributed by atoms with Gasteiger partial charge in [-0.25, -0.2) is 4.39 Å². The van der Waals surface area contributed by atoms with Gasteiger partial charge >= 0.3 is 0 Å². The largest absolute Gasteiger partial charge is 0.507 e. The van der Waals surface area contributed by atoms with E-state index in [9.17, 15) is 9.50 Å². The molecule has 3 nitrogen and oxygen atoms in total. The van der Waals surface area contributed by atoms with Crippen molar-refractivity contribution in [1.29, 1.82) is 0 Å². The molecule has 4 heteroatoms. The van der Waals surface area contributed by atoms with E-state index in [1.807, 2.05) is 0 Å². The lowest BCUT2D eigenvalue weighted by Crippen LogP contribution is -2.31. The molecule has 1 aromatic carbocycles. The maximum atomic E-state index is 13.8. The van der Waals surface area contributed by atoms with Crippen molar-refractivity contribution >= 4 is 0 Å². The summed E-state index contributed by atoms with van der Waals surface area (Å²) in [6.07, 6.45) is 2.77. The van der Waals surface area contributed by atoms with Gasteiger partial charge in [-0.3, -0.25) is 0 Å². The fourth-order valence-corrected chi connectivity index (χ4v) is 2.30. The van der Waals surface area contributed by atoms with Gasteiger partial charge in [0.2, 0.25) is 0 Å². The first-order chi connectivity index (χ1) is 8.20. The Morgan fingerprint density at radius 1 is 1.53 bits per heavy atom. The molecule has 1 heterocycles. The van der Waals surface area contributed by atoms with Gasteiger partial charge in [-0.15, -0.1) is 0 Å². The number of halogens is 1. The average molecular weight is 239 g/mol. The molecule has 0 aromatic heterocycles. The van der Waals surface area contributed by atoms with Crippen molar-refractivity contribution in [2.24, 2.45) is 5.92 Å². The van der Waals surface area contributed by atoms with Crippen LogP contribution in [0.25, 0.3) is 0 Å². The van der Waals surface area contributed by atoms with Gasteiger partial charge in [0.15, 0.2) is 0 Å². The second-order valence-corrected chi connectivity index (χ2v) is 4.52. The van der Waals surface area contributed by atoms with Crippen LogP contribution in [0.4, 0.5) is 4.39 Å². The number of phenols is 1. The van der Waals surface area contributed by atoms with Crippen LogP contribution in [-0.4, -0.2) is 25.3 Å². The van der Waals surface area contributed by atoms with E-state index in [0.717, 1.165) is 25.9 Å². The second kappa shape index (κ2) is 5.36. The van der Waals surface area contributed by atoms with Crippen molar-refractivity contribution in [1.82, 2.24) is 5.32 Å². The van der Waals surface area contributed by atoms with Crippen LogP contribution in [0.15, 0.2) is 12.1 Å². The third kappa shape index (κ3) is 2.88. The highest BCUT2D eigenvalue weighted by atomic mass is 19.1. The van der Waals surface area contributed by atoms with Crippen LogP contribution in [0.5, 0.6) is 11.5 Å². The van der Waals surface area contributed by atoms with Gasteiger partial charge in [0.05, 0.1) is 7.11 Å². The van der Waals surface area contributed by atoms with Gasteiger partial charge in [-0.1, -0.05) is 0 Å². The molecule has 1 aromatic rings. The molecule has 0 bridgehead atoms. The lowest BCUT2D eigenvalue weighted by atomic mass is 9.91. The number of hydrogen-bond donors (Lipinski definition) is 2. The molecular formula is C13H18FNO2. The first-order valence-corrected chi connectivity index (χ1v) is 5.97. The van der Waals surface area contributed by atoms with Crippen LogP contribution < -0.4 is 10.1 Å².